The monoisotopic (exact) mass is 555 g/mol. The van der Waals surface area contributed by atoms with E-state index in [1.807, 2.05) is 51.1 Å². The zero-order valence-corrected chi connectivity index (χ0v) is 25.2. The maximum absolute atomic E-state index is 14.3. The molecule has 4 rings (SSSR count). The molecule has 3 amide bonds. The fourth-order valence-electron chi connectivity index (χ4n) is 7.92. The number of rotatable bonds is 12. The highest BCUT2D eigenvalue weighted by atomic mass is 16.5. The first-order valence-electron chi connectivity index (χ1n) is 15.1. The van der Waals surface area contributed by atoms with Crippen LogP contribution < -0.4 is 10.6 Å². The molecule has 0 aliphatic carbocycles. The molecule has 0 saturated carbocycles. The van der Waals surface area contributed by atoms with Crippen molar-refractivity contribution in [2.24, 2.45) is 17.3 Å². The zero-order chi connectivity index (χ0) is 29.3. The lowest BCUT2D eigenvalue weighted by Crippen LogP contribution is -2.59. The standard InChI is InChI=1S/C32H49N3O5/c1-7-31-17-18-32(40-31)24(23(31)26(37)33-22-15-11-10-12-16-22)28(39)35(19-13-8-9-14-20-36)25(32)27(38)34-30(5,6)21-29(2,3)4/h10-12,15-16,23-25,36H,7-9,13-14,17-21H2,1-6H3,(H,33,37)(H,34,38)/t23-,24+,25?,31+,32?/m1/s1. The Balaban J connectivity index is 1.67. The van der Waals surface area contributed by atoms with Crippen LogP contribution in [0.15, 0.2) is 30.3 Å². The number of likely N-dealkylation sites (tertiary alicyclic amines) is 1. The molecule has 3 heterocycles. The molecular formula is C32H49N3O5. The normalized spacial score (nSPS) is 29.5. The van der Waals surface area contributed by atoms with E-state index in [2.05, 4.69) is 31.4 Å². The lowest BCUT2D eigenvalue weighted by atomic mass is 9.65. The van der Waals surface area contributed by atoms with Crippen molar-refractivity contribution < 1.29 is 24.2 Å². The van der Waals surface area contributed by atoms with Gasteiger partial charge in [-0.05, 0) is 69.9 Å². The number of ether oxygens (including phenoxy) is 1. The van der Waals surface area contributed by atoms with Crippen molar-refractivity contribution in [2.45, 2.75) is 116 Å². The maximum Gasteiger partial charge on any atom is 0.246 e. The molecule has 1 aromatic carbocycles. The van der Waals surface area contributed by atoms with Crippen LogP contribution in [0.3, 0.4) is 0 Å². The van der Waals surface area contributed by atoms with Crippen LogP contribution in [-0.4, -0.2) is 63.7 Å². The number of nitrogens with one attached hydrogen (secondary N) is 2. The Hall–Kier alpha value is -2.45. The van der Waals surface area contributed by atoms with Gasteiger partial charge < -0.3 is 25.4 Å². The van der Waals surface area contributed by atoms with Gasteiger partial charge in [-0.3, -0.25) is 14.4 Å². The van der Waals surface area contributed by atoms with Crippen LogP contribution in [0, 0.1) is 17.3 Å². The lowest BCUT2D eigenvalue weighted by molar-refractivity contribution is -0.147. The first-order chi connectivity index (χ1) is 18.8. The van der Waals surface area contributed by atoms with Crippen LogP contribution in [0.1, 0.15) is 92.9 Å². The van der Waals surface area contributed by atoms with Gasteiger partial charge in [0, 0.05) is 24.4 Å². The van der Waals surface area contributed by atoms with Crippen LogP contribution in [0.5, 0.6) is 0 Å². The summed E-state index contributed by atoms with van der Waals surface area (Å²) >= 11 is 0. The zero-order valence-electron chi connectivity index (χ0n) is 25.2. The Kier molecular flexibility index (Phi) is 8.72. The van der Waals surface area contributed by atoms with Crippen molar-refractivity contribution in [3.63, 3.8) is 0 Å². The molecule has 3 fully saturated rings. The molecule has 0 aromatic heterocycles. The predicted molar refractivity (Wildman–Crippen MR) is 155 cm³/mol. The van der Waals surface area contributed by atoms with Gasteiger partial charge in [0.15, 0.2) is 0 Å². The van der Waals surface area contributed by atoms with Crippen LogP contribution in [0.2, 0.25) is 0 Å². The van der Waals surface area contributed by atoms with E-state index in [4.69, 9.17) is 9.84 Å². The van der Waals surface area contributed by atoms with Gasteiger partial charge in [-0.25, -0.2) is 0 Å². The van der Waals surface area contributed by atoms with E-state index in [1.54, 1.807) is 4.90 Å². The molecule has 0 radical (unpaired) electrons. The number of para-hydroxylation sites is 1. The van der Waals surface area contributed by atoms with E-state index in [0.29, 0.717) is 31.5 Å². The fourth-order valence-corrected chi connectivity index (χ4v) is 7.92. The van der Waals surface area contributed by atoms with Crippen LogP contribution in [0.25, 0.3) is 0 Å². The molecule has 8 heteroatoms. The quantitative estimate of drug-likeness (QED) is 0.325. The maximum atomic E-state index is 14.3. The number of unbranched alkanes of at least 4 members (excludes halogenated alkanes) is 3. The van der Waals surface area contributed by atoms with Gasteiger partial charge in [-0.15, -0.1) is 0 Å². The van der Waals surface area contributed by atoms with Crippen LogP contribution in [-0.2, 0) is 19.1 Å². The Morgan fingerprint density at radius 2 is 1.70 bits per heavy atom. The van der Waals surface area contributed by atoms with Gasteiger partial charge in [0.25, 0.3) is 0 Å². The molecule has 3 saturated heterocycles. The second kappa shape index (κ2) is 11.4. The number of aliphatic hydroxyl groups is 1. The number of fused-ring (bicyclic) bond motifs is 1. The topological polar surface area (TPSA) is 108 Å². The number of nitrogens with zero attached hydrogens (tertiary/aromatic N) is 1. The average Bonchev–Trinajstić information content (AvgIpc) is 3.46. The number of hydrogen-bond acceptors (Lipinski definition) is 5. The lowest BCUT2D eigenvalue weighted by Gasteiger charge is -2.38. The summed E-state index contributed by atoms with van der Waals surface area (Å²) in [4.78, 5) is 44.1. The second-order valence-electron chi connectivity index (χ2n) is 14.0. The molecule has 2 unspecified atom stereocenters. The molecule has 5 atom stereocenters. The molecular weight excluding hydrogens is 506 g/mol. The second-order valence-corrected chi connectivity index (χ2v) is 14.0. The number of anilines is 1. The molecule has 222 valence electrons. The van der Waals surface area contributed by atoms with E-state index < -0.39 is 34.6 Å². The Bertz CT molecular complexity index is 1080. The van der Waals surface area contributed by atoms with Crippen molar-refractivity contribution >= 4 is 23.4 Å². The summed E-state index contributed by atoms with van der Waals surface area (Å²) in [5.74, 6) is -1.94. The highest BCUT2D eigenvalue weighted by Crippen LogP contribution is 2.64. The van der Waals surface area contributed by atoms with Crippen molar-refractivity contribution in [2.75, 3.05) is 18.5 Å². The third kappa shape index (κ3) is 5.80. The van der Waals surface area contributed by atoms with Gasteiger partial charge in [-0.1, -0.05) is 58.7 Å². The third-order valence-electron chi connectivity index (χ3n) is 8.99. The van der Waals surface area contributed by atoms with Crippen molar-refractivity contribution in [1.82, 2.24) is 10.2 Å². The largest absolute Gasteiger partial charge is 0.396 e. The Morgan fingerprint density at radius 3 is 2.33 bits per heavy atom. The van der Waals surface area contributed by atoms with Crippen LogP contribution >= 0.6 is 0 Å². The SMILES string of the molecule is CC[C@@]12CCC3(O1)C(C(=O)NC(C)(C)CC(C)(C)C)N(CCCCCCO)C(=O)[C@@H]3[C@@H]2C(=O)Nc1ccccc1. The first-order valence-corrected chi connectivity index (χ1v) is 15.1. The summed E-state index contributed by atoms with van der Waals surface area (Å²) in [6, 6.07) is 8.50. The summed E-state index contributed by atoms with van der Waals surface area (Å²) in [5, 5.41) is 15.5. The van der Waals surface area contributed by atoms with Crippen LogP contribution in [0.4, 0.5) is 5.69 Å². The summed E-state index contributed by atoms with van der Waals surface area (Å²) in [6.45, 7) is 13.1. The Labute approximate surface area is 239 Å². The van der Waals surface area contributed by atoms with Gasteiger partial charge in [0.05, 0.1) is 17.4 Å². The number of hydrogen-bond donors (Lipinski definition) is 3. The summed E-state index contributed by atoms with van der Waals surface area (Å²) in [6.07, 6.45) is 5.73. The summed E-state index contributed by atoms with van der Waals surface area (Å²) in [7, 11) is 0. The van der Waals surface area contributed by atoms with Gasteiger partial charge >= 0.3 is 0 Å². The molecule has 1 aromatic rings. The van der Waals surface area contributed by atoms with E-state index in [0.717, 1.165) is 32.1 Å². The van der Waals surface area contributed by atoms with Gasteiger partial charge in [-0.2, -0.15) is 0 Å². The average molecular weight is 556 g/mol. The minimum atomic E-state index is -1.03. The van der Waals surface area contributed by atoms with E-state index in [9.17, 15) is 14.4 Å². The number of aliphatic hydroxyl groups excluding tert-OH is 1. The predicted octanol–water partition coefficient (Wildman–Crippen LogP) is 4.66. The molecule has 8 nitrogen and oxygen atoms in total. The van der Waals surface area contributed by atoms with E-state index in [1.165, 1.54) is 0 Å². The molecule has 3 N–H and O–H groups in total. The molecule has 3 aliphatic heterocycles. The number of benzene rings is 1. The number of carbonyl (C=O) groups is 3. The summed E-state index contributed by atoms with van der Waals surface area (Å²) in [5.41, 5.74) is -1.60. The fraction of sp³-hybridized carbons (Fsp3) is 0.719. The van der Waals surface area contributed by atoms with E-state index >= 15 is 0 Å². The van der Waals surface area contributed by atoms with Gasteiger partial charge in [0.2, 0.25) is 17.7 Å². The molecule has 1 spiro atoms. The van der Waals surface area contributed by atoms with Crippen molar-refractivity contribution in [3.8, 4) is 0 Å². The number of carbonyl (C=O) groups excluding carboxylic acids is 3. The molecule has 3 aliphatic rings. The first kappa shape index (κ1) is 30.5. The third-order valence-corrected chi connectivity index (χ3v) is 8.99. The number of amides is 3. The molecule has 2 bridgehead atoms. The smallest absolute Gasteiger partial charge is 0.246 e. The minimum Gasteiger partial charge on any atom is -0.396 e. The molecule has 40 heavy (non-hydrogen) atoms. The highest BCUT2D eigenvalue weighted by molar-refractivity contribution is 6.02. The van der Waals surface area contributed by atoms with Crippen molar-refractivity contribution in [3.05, 3.63) is 30.3 Å². The minimum absolute atomic E-state index is 0.00466. The van der Waals surface area contributed by atoms with Crippen molar-refractivity contribution in [1.29, 1.82) is 0 Å². The summed E-state index contributed by atoms with van der Waals surface area (Å²) < 4.78 is 6.87. The van der Waals surface area contributed by atoms with Gasteiger partial charge in [0.1, 0.15) is 11.6 Å². The van der Waals surface area contributed by atoms with E-state index in [-0.39, 0.29) is 29.7 Å². The Morgan fingerprint density at radius 1 is 1.02 bits per heavy atom. The highest BCUT2D eigenvalue weighted by Gasteiger charge is 2.78.